The first-order chi connectivity index (χ1) is 7.56. The van der Waals surface area contributed by atoms with E-state index in [0.717, 1.165) is 23.7 Å². The molecule has 0 heterocycles. The van der Waals surface area contributed by atoms with Gasteiger partial charge in [0.15, 0.2) is 0 Å². The molecule has 3 atom stereocenters. The van der Waals surface area contributed by atoms with Crippen LogP contribution in [0, 0.1) is 23.7 Å². The number of thiol groups is 1. The molecule has 0 amide bonds. The topological polar surface area (TPSA) is 0 Å². The van der Waals surface area contributed by atoms with E-state index in [1.807, 2.05) is 0 Å². The van der Waals surface area contributed by atoms with Crippen molar-refractivity contribution in [3.05, 3.63) is 0 Å². The fourth-order valence-corrected chi connectivity index (χ4v) is 3.80. The van der Waals surface area contributed by atoms with Crippen molar-refractivity contribution in [1.82, 2.24) is 0 Å². The van der Waals surface area contributed by atoms with Crippen LogP contribution in [0.3, 0.4) is 0 Å². The fraction of sp³-hybridized carbons (Fsp3) is 1.00. The van der Waals surface area contributed by atoms with Crippen LogP contribution in [0.4, 0.5) is 0 Å². The molecular weight excluding hydrogens is 212 g/mol. The zero-order chi connectivity index (χ0) is 12.1. The largest absolute Gasteiger partial charge is 0.176 e. The third-order valence-electron chi connectivity index (χ3n) is 4.47. The van der Waals surface area contributed by atoms with Crippen LogP contribution in [-0.2, 0) is 0 Å². The minimum absolute atomic E-state index is 0.609. The molecule has 0 nitrogen and oxygen atoms in total. The summed E-state index contributed by atoms with van der Waals surface area (Å²) in [5.74, 6) is 3.52. The second-order valence-electron chi connectivity index (χ2n) is 6.17. The van der Waals surface area contributed by atoms with E-state index in [1.54, 1.807) is 0 Å². The minimum Gasteiger partial charge on any atom is -0.176 e. The SMILES string of the molecule is CCC(S)C(CC(C)C)C(C)C1CCCC1. The van der Waals surface area contributed by atoms with Crippen molar-refractivity contribution in [3.8, 4) is 0 Å². The Labute approximate surface area is 108 Å². The molecule has 1 heteroatoms. The van der Waals surface area contributed by atoms with Gasteiger partial charge in [-0.2, -0.15) is 12.6 Å². The second kappa shape index (κ2) is 6.93. The standard InChI is InChI=1S/C15H30S/c1-5-15(16)14(10-11(2)3)12(4)13-8-6-7-9-13/h11-16H,5-10H2,1-4H3. The Kier molecular flexibility index (Phi) is 6.25. The highest BCUT2D eigenvalue weighted by Gasteiger charge is 2.31. The molecule has 0 aromatic heterocycles. The fourth-order valence-electron chi connectivity index (χ4n) is 3.40. The average molecular weight is 242 g/mol. The van der Waals surface area contributed by atoms with Crippen molar-refractivity contribution < 1.29 is 0 Å². The van der Waals surface area contributed by atoms with E-state index < -0.39 is 0 Å². The van der Waals surface area contributed by atoms with Crippen molar-refractivity contribution in [2.45, 2.75) is 71.5 Å². The molecule has 0 aromatic rings. The van der Waals surface area contributed by atoms with Crippen LogP contribution in [0.2, 0.25) is 0 Å². The van der Waals surface area contributed by atoms with Crippen LogP contribution in [0.5, 0.6) is 0 Å². The van der Waals surface area contributed by atoms with Crippen LogP contribution in [0.15, 0.2) is 0 Å². The molecular formula is C15H30S. The summed E-state index contributed by atoms with van der Waals surface area (Å²) in [6.45, 7) is 9.48. The van der Waals surface area contributed by atoms with Gasteiger partial charge in [-0.15, -0.1) is 0 Å². The molecule has 0 radical (unpaired) electrons. The number of hydrogen-bond donors (Lipinski definition) is 1. The molecule has 1 aliphatic carbocycles. The lowest BCUT2D eigenvalue weighted by molar-refractivity contribution is 0.212. The predicted octanol–water partition coefficient (Wildman–Crippen LogP) is 5.18. The molecule has 16 heavy (non-hydrogen) atoms. The maximum Gasteiger partial charge on any atom is 0.00452 e. The van der Waals surface area contributed by atoms with E-state index in [9.17, 15) is 0 Å². The summed E-state index contributed by atoms with van der Waals surface area (Å²) < 4.78 is 0. The first kappa shape index (κ1) is 14.4. The van der Waals surface area contributed by atoms with Gasteiger partial charge in [-0.05, 0) is 36.5 Å². The number of rotatable bonds is 6. The Hall–Kier alpha value is 0.350. The summed E-state index contributed by atoms with van der Waals surface area (Å²) in [5, 5.41) is 0.609. The summed E-state index contributed by atoms with van der Waals surface area (Å²) >= 11 is 4.83. The van der Waals surface area contributed by atoms with Gasteiger partial charge in [0.2, 0.25) is 0 Å². The highest BCUT2D eigenvalue weighted by Crippen LogP contribution is 2.40. The summed E-state index contributed by atoms with van der Waals surface area (Å²) in [6.07, 6.45) is 8.46. The van der Waals surface area contributed by atoms with Crippen molar-refractivity contribution in [2.24, 2.45) is 23.7 Å². The lowest BCUT2D eigenvalue weighted by Crippen LogP contribution is -2.28. The Morgan fingerprint density at radius 2 is 1.69 bits per heavy atom. The average Bonchev–Trinajstić information content (AvgIpc) is 2.77. The van der Waals surface area contributed by atoms with Gasteiger partial charge in [0, 0.05) is 5.25 Å². The van der Waals surface area contributed by atoms with Crippen LogP contribution >= 0.6 is 12.6 Å². The molecule has 0 aromatic carbocycles. The van der Waals surface area contributed by atoms with Gasteiger partial charge in [-0.3, -0.25) is 0 Å². The van der Waals surface area contributed by atoms with E-state index in [1.165, 1.54) is 38.5 Å². The van der Waals surface area contributed by atoms with Crippen molar-refractivity contribution >= 4 is 12.6 Å². The van der Waals surface area contributed by atoms with E-state index in [4.69, 9.17) is 12.6 Å². The van der Waals surface area contributed by atoms with Gasteiger partial charge in [0.25, 0.3) is 0 Å². The van der Waals surface area contributed by atoms with E-state index in [0.29, 0.717) is 5.25 Å². The van der Waals surface area contributed by atoms with Crippen LogP contribution in [0.25, 0.3) is 0 Å². The molecule has 96 valence electrons. The van der Waals surface area contributed by atoms with E-state index >= 15 is 0 Å². The summed E-state index contributed by atoms with van der Waals surface area (Å²) in [6, 6.07) is 0. The van der Waals surface area contributed by atoms with Gasteiger partial charge < -0.3 is 0 Å². The summed E-state index contributed by atoms with van der Waals surface area (Å²) in [4.78, 5) is 0. The molecule has 0 spiro atoms. The highest BCUT2D eigenvalue weighted by atomic mass is 32.1. The zero-order valence-corrected chi connectivity index (χ0v) is 12.5. The molecule has 0 N–H and O–H groups in total. The maximum atomic E-state index is 4.83. The first-order valence-corrected chi connectivity index (χ1v) is 7.75. The maximum absolute atomic E-state index is 4.83. The van der Waals surface area contributed by atoms with Crippen molar-refractivity contribution in [2.75, 3.05) is 0 Å². The lowest BCUT2D eigenvalue weighted by atomic mass is 9.76. The van der Waals surface area contributed by atoms with Crippen molar-refractivity contribution in [3.63, 3.8) is 0 Å². The van der Waals surface area contributed by atoms with E-state index in [-0.39, 0.29) is 0 Å². The predicted molar refractivity (Wildman–Crippen MR) is 77.1 cm³/mol. The molecule has 0 saturated heterocycles. The Bertz CT molecular complexity index is 182. The lowest BCUT2D eigenvalue weighted by Gasteiger charge is -2.33. The highest BCUT2D eigenvalue weighted by molar-refractivity contribution is 7.81. The first-order valence-electron chi connectivity index (χ1n) is 7.24. The Balaban J connectivity index is 2.58. The normalized spacial score (nSPS) is 23.6. The third kappa shape index (κ3) is 3.98. The Morgan fingerprint density at radius 1 is 1.12 bits per heavy atom. The van der Waals surface area contributed by atoms with Crippen LogP contribution in [0.1, 0.15) is 66.2 Å². The molecule has 1 saturated carbocycles. The van der Waals surface area contributed by atoms with Crippen LogP contribution < -0.4 is 0 Å². The second-order valence-corrected chi connectivity index (χ2v) is 6.84. The number of hydrogen-bond acceptors (Lipinski definition) is 1. The zero-order valence-electron chi connectivity index (χ0n) is 11.6. The molecule has 1 rings (SSSR count). The van der Waals surface area contributed by atoms with Crippen LogP contribution in [-0.4, -0.2) is 5.25 Å². The van der Waals surface area contributed by atoms with Gasteiger partial charge in [-0.1, -0.05) is 53.4 Å². The summed E-state index contributed by atoms with van der Waals surface area (Å²) in [5.41, 5.74) is 0. The van der Waals surface area contributed by atoms with Gasteiger partial charge >= 0.3 is 0 Å². The monoisotopic (exact) mass is 242 g/mol. The molecule has 0 bridgehead atoms. The molecule has 0 aliphatic heterocycles. The minimum atomic E-state index is 0.609. The van der Waals surface area contributed by atoms with Gasteiger partial charge in [0.1, 0.15) is 0 Å². The molecule has 3 unspecified atom stereocenters. The van der Waals surface area contributed by atoms with E-state index in [2.05, 4.69) is 27.7 Å². The smallest absolute Gasteiger partial charge is 0.00452 e. The van der Waals surface area contributed by atoms with Gasteiger partial charge in [0.05, 0.1) is 0 Å². The van der Waals surface area contributed by atoms with Gasteiger partial charge in [-0.25, -0.2) is 0 Å². The Morgan fingerprint density at radius 3 is 2.12 bits per heavy atom. The third-order valence-corrected chi connectivity index (χ3v) is 5.22. The molecule has 1 aliphatic rings. The quantitative estimate of drug-likeness (QED) is 0.609. The van der Waals surface area contributed by atoms with Crippen molar-refractivity contribution in [1.29, 1.82) is 0 Å². The molecule has 1 fully saturated rings. The summed E-state index contributed by atoms with van der Waals surface area (Å²) in [7, 11) is 0.